The van der Waals surface area contributed by atoms with Gasteiger partial charge in [0.25, 0.3) is 0 Å². The molecule has 0 aliphatic carbocycles. The quantitative estimate of drug-likeness (QED) is 0.0765. The molecule has 54 heavy (non-hydrogen) atoms. The maximum absolute atomic E-state index is 13.4. The highest BCUT2D eigenvalue weighted by molar-refractivity contribution is 6.76. The van der Waals surface area contributed by atoms with Crippen LogP contribution in [-0.2, 0) is 19.8 Å². The van der Waals surface area contributed by atoms with E-state index in [4.69, 9.17) is 29.3 Å². The van der Waals surface area contributed by atoms with E-state index in [1.807, 2.05) is 91.1 Å². The van der Waals surface area contributed by atoms with Gasteiger partial charge in [0, 0.05) is 83.2 Å². The third-order valence-corrected chi connectivity index (χ3v) is 13.7. The monoisotopic (exact) mass is 772 g/mol. The summed E-state index contributed by atoms with van der Waals surface area (Å²) in [5, 5.41) is 17.5. The fourth-order valence-corrected chi connectivity index (χ4v) is 8.78. The zero-order valence-electron chi connectivity index (χ0n) is 33.8. The van der Waals surface area contributed by atoms with E-state index in [2.05, 4.69) is 44.2 Å². The molecule has 3 atom stereocenters. The molecular weight excluding hydrogens is 713 g/mol. The minimum absolute atomic E-state index is 0.157. The lowest BCUT2D eigenvalue weighted by Crippen LogP contribution is -2.53. The number of anilines is 1. The highest BCUT2D eigenvalue weighted by Gasteiger charge is 2.52. The number of carbonyl (C=O) groups excluding carboxylic acids is 1. The van der Waals surface area contributed by atoms with Crippen molar-refractivity contribution in [1.82, 2.24) is 24.5 Å². The second-order valence-corrected chi connectivity index (χ2v) is 29.8. The van der Waals surface area contributed by atoms with E-state index in [0.717, 1.165) is 53.1 Å². The Kier molecular flexibility index (Phi) is 11.8. The SMILES string of the molecule is CC(C)(C)OC(=O)N1[C@@H]2CC[C@H]1C[C@@](O)(c1cc(N(COCC[Si](C)(C)C)COCC[Si](C)(C)C)n3ncc(-c4ccc(-c5ccccc5)nc4)c3n1)C2. The summed E-state index contributed by atoms with van der Waals surface area (Å²) in [5.41, 5.74) is 2.89. The zero-order valence-corrected chi connectivity index (χ0v) is 35.8. The Balaban J connectivity index is 1.39. The number of pyridine rings is 1. The van der Waals surface area contributed by atoms with Crippen LogP contribution in [0.15, 0.2) is 60.9 Å². The number of aliphatic hydroxyl groups is 1. The van der Waals surface area contributed by atoms with Gasteiger partial charge < -0.3 is 29.1 Å². The lowest BCUT2D eigenvalue weighted by Gasteiger charge is -2.43. The molecule has 2 saturated heterocycles. The number of rotatable bonds is 14. The summed E-state index contributed by atoms with van der Waals surface area (Å²) >= 11 is 0. The standard InChI is InChI=1S/C41H60N6O5Si2/c1-40(2,3)52-39(48)46-32-16-17-33(46)25-41(49,24-32)36-23-37(45(28-50-19-21-53(4,5)6)29-51-20-22-54(7,8)9)47-38(44-36)34(27-43-47)31-15-18-35(42-26-31)30-13-11-10-12-14-30/h10-15,18,23,26-27,32-33,49H,16-17,19-22,24-25,28-29H2,1-9H3/t32-,33+,41-. The number of amides is 1. The molecule has 1 aromatic carbocycles. The van der Waals surface area contributed by atoms with Crippen molar-refractivity contribution < 1.29 is 24.1 Å². The van der Waals surface area contributed by atoms with Crippen LogP contribution in [-0.4, -0.2) is 96.2 Å². The first-order chi connectivity index (χ1) is 25.4. The molecule has 1 N–H and O–H groups in total. The molecule has 4 aromatic rings. The van der Waals surface area contributed by atoms with Gasteiger partial charge in [0.1, 0.15) is 30.5 Å². The highest BCUT2D eigenvalue weighted by atomic mass is 28.3. The highest BCUT2D eigenvalue weighted by Crippen LogP contribution is 2.46. The molecule has 0 unspecified atom stereocenters. The van der Waals surface area contributed by atoms with E-state index in [1.165, 1.54) is 0 Å². The van der Waals surface area contributed by atoms with Crippen LogP contribution in [0.25, 0.3) is 28.0 Å². The normalized spacial score (nSPS) is 20.4. The Morgan fingerprint density at radius 3 is 2.04 bits per heavy atom. The van der Waals surface area contributed by atoms with Crippen molar-refractivity contribution in [2.24, 2.45) is 0 Å². The molecule has 0 radical (unpaired) electrons. The number of fused-ring (bicyclic) bond motifs is 3. The van der Waals surface area contributed by atoms with Gasteiger partial charge in [-0.1, -0.05) is 75.7 Å². The molecule has 2 bridgehead atoms. The molecule has 2 aliphatic rings. The molecule has 0 saturated carbocycles. The van der Waals surface area contributed by atoms with E-state index in [9.17, 15) is 9.90 Å². The van der Waals surface area contributed by atoms with E-state index in [1.54, 1.807) is 0 Å². The van der Waals surface area contributed by atoms with Crippen LogP contribution in [0.2, 0.25) is 51.4 Å². The molecule has 6 rings (SSSR count). The Bertz CT molecular complexity index is 1850. The van der Waals surface area contributed by atoms with Crippen molar-refractivity contribution in [2.75, 3.05) is 31.6 Å². The van der Waals surface area contributed by atoms with Gasteiger partial charge >= 0.3 is 6.09 Å². The molecule has 3 aromatic heterocycles. The van der Waals surface area contributed by atoms with Crippen molar-refractivity contribution in [1.29, 1.82) is 0 Å². The van der Waals surface area contributed by atoms with Crippen LogP contribution in [0.3, 0.4) is 0 Å². The zero-order chi connectivity index (χ0) is 38.9. The molecule has 13 heteroatoms. The van der Waals surface area contributed by atoms with Gasteiger partial charge in [0.05, 0.1) is 17.6 Å². The van der Waals surface area contributed by atoms with Gasteiger partial charge in [-0.3, -0.25) is 4.98 Å². The predicted octanol–water partition coefficient (Wildman–Crippen LogP) is 8.64. The van der Waals surface area contributed by atoms with E-state index >= 15 is 0 Å². The van der Waals surface area contributed by atoms with Crippen LogP contribution in [0.5, 0.6) is 0 Å². The number of nitrogens with zero attached hydrogens (tertiary/aromatic N) is 6. The fourth-order valence-electron chi connectivity index (χ4n) is 7.27. The summed E-state index contributed by atoms with van der Waals surface area (Å²) < 4.78 is 20.3. The average Bonchev–Trinajstić information content (AvgIpc) is 3.65. The Labute approximate surface area is 323 Å². The molecule has 2 aliphatic heterocycles. The Hall–Kier alpha value is -3.63. The van der Waals surface area contributed by atoms with Gasteiger partial charge in [-0.15, -0.1) is 0 Å². The molecular formula is C41H60N6O5Si2. The number of aromatic nitrogens is 4. The summed E-state index contributed by atoms with van der Waals surface area (Å²) in [6.07, 6.45) is 5.70. The summed E-state index contributed by atoms with van der Waals surface area (Å²) in [4.78, 5) is 27.3. The van der Waals surface area contributed by atoms with Crippen molar-refractivity contribution in [3.63, 3.8) is 0 Å². The number of hydrogen-bond acceptors (Lipinski definition) is 9. The minimum atomic E-state index is -1.31. The van der Waals surface area contributed by atoms with Crippen molar-refractivity contribution >= 4 is 33.7 Å². The van der Waals surface area contributed by atoms with Crippen LogP contribution in [0.1, 0.15) is 52.1 Å². The smallest absolute Gasteiger partial charge is 0.410 e. The third kappa shape index (κ3) is 9.78. The average molecular weight is 773 g/mol. The van der Waals surface area contributed by atoms with Crippen LogP contribution >= 0.6 is 0 Å². The van der Waals surface area contributed by atoms with Crippen molar-refractivity contribution in [3.05, 3.63) is 66.6 Å². The lowest BCUT2D eigenvalue weighted by atomic mass is 9.83. The maximum Gasteiger partial charge on any atom is 0.410 e. The molecule has 292 valence electrons. The Morgan fingerprint density at radius 2 is 1.50 bits per heavy atom. The molecule has 11 nitrogen and oxygen atoms in total. The van der Waals surface area contributed by atoms with Crippen molar-refractivity contribution in [3.8, 4) is 22.4 Å². The number of piperidine rings is 1. The van der Waals surface area contributed by atoms with Gasteiger partial charge in [0.2, 0.25) is 0 Å². The predicted molar refractivity (Wildman–Crippen MR) is 220 cm³/mol. The van der Waals surface area contributed by atoms with Gasteiger partial charge in [-0.05, 0) is 51.8 Å². The largest absolute Gasteiger partial charge is 0.444 e. The molecule has 2 fully saturated rings. The second-order valence-electron chi connectivity index (χ2n) is 18.5. The number of carbonyl (C=O) groups is 1. The Morgan fingerprint density at radius 1 is 0.889 bits per heavy atom. The third-order valence-electron chi connectivity index (χ3n) is 10.3. The van der Waals surface area contributed by atoms with Crippen LogP contribution in [0, 0.1) is 0 Å². The van der Waals surface area contributed by atoms with Gasteiger partial charge in [-0.2, -0.15) is 9.61 Å². The van der Waals surface area contributed by atoms with E-state index in [0.29, 0.717) is 50.9 Å². The molecule has 5 heterocycles. The molecule has 0 spiro atoms. The first-order valence-corrected chi connectivity index (χ1v) is 26.9. The lowest BCUT2D eigenvalue weighted by molar-refractivity contribution is -0.0646. The summed E-state index contributed by atoms with van der Waals surface area (Å²) in [6.45, 7) is 21.7. The topological polar surface area (TPSA) is 115 Å². The van der Waals surface area contributed by atoms with E-state index < -0.39 is 27.3 Å². The second kappa shape index (κ2) is 15.9. The number of benzene rings is 1. The summed E-state index contributed by atoms with van der Waals surface area (Å²) in [7, 11) is -2.63. The first-order valence-electron chi connectivity index (χ1n) is 19.4. The number of hydrogen-bond donors (Lipinski definition) is 1. The van der Waals surface area contributed by atoms with Crippen LogP contribution < -0.4 is 4.90 Å². The van der Waals surface area contributed by atoms with Crippen molar-refractivity contribution in [2.45, 2.75) is 121 Å². The van der Waals surface area contributed by atoms with E-state index in [-0.39, 0.29) is 18.2 Å². The minimum Gasteiger partial charge on any atom is -0.444 e. The number of ether oxygens (including phenoxy) is 3. The van der Waals surface area contributed by atoms with Gasteiger partial charge in [0.15, 0.2) is 5.65 Å². The first kappa shape index (κ1) is 40.0. The maximum atomic E-state index is 13.4. The van der Waals surface area contributed by atoms with Crippen LogP contribution in [0.4, 0.5) is 10.6 Å². The molecule has 1 amide bonds. The van der Waals surface area contributed by atoms with Gasteiger partial charge in [-0.25, -0.2) is 9.78 Å². The fraction of sp³-hybridized carbons (Fsp3) is 0.561. The summed E-state index contributed by atoms with van der Waals surface area (Å²) in [5.74, 6) is 0.728. The summed E-state index contributed by atoms with van der Waals surface area (Å²) in [6, 6.07) is 17.9.